The Kier molecular flexibility index (Phi) is 8.97. The van der Waals surface area contributed by atoms with E-state index in [4.69, 9.17) is 19.5 Å². The van der Waals surface area contributed by atoms with E-state index in [1.54, 1.807) is 44.2 Å². The Morgan fingerprint density at radius 1 is 1.23 bits per heavy atom. The average Bonchev–Trinajstić information content (AvgIpc) is 3.06. The number of nitrogens with zero attached hydrogens (tertiary/aromatic N) is 2. The molecule has 1 aromatic heterocycles. The Morgan fingerprint density at radius 3 is 2.54 bits per heavy atom. The van der Waals surface area contributed by atoms with Crippen molar-refractivity contribution < 1.29 is 33.4 Å². The second kappa shape index (κ2) is 11.5. The number of nitrogens with two attached hydrogens (primary N) is 1. The normalized spacial score (nSPS) is 24.6. The molecule has 1 aliphatic heterocycles. The SMILES string of the molecule is CC(C)OC(=O)C(C)NP(=O)(OCC1SC(n2ccc(N)nc2=O)C(O)C1O)Oc1ccccc1. The number of esters is 1. The van der Waals surface area contributed by atoms with Gasteiger partial charge in [0.05, 0.1) is 24.1 Å². The standard InChI is InChI=1S/C21H29N4O8PS/c1-12(2)32-20(28)13(3)24-34(30,33-14-7-5-4-6-8-14)31-11-15-17(26)18(27)19(35-15)25-10-9-16(22)23-21(25)29/h4-10,12-13,15,17-19,26-27H,11H2,1-3H3,(H,24,30)(H2,22,23,29). The second-order valence-electron chi connectivity index (χ2n) is 8.12. The maximum Gasteiger partial charge on any atom is 0.459 e. The van der Waals surface area contributed by atoms with Gasteiger partial charge in [0.25, 0.3) is 0 Å². The number of aromatic nitrogens is 2. The number of ether oxygens (including phenoxy) is 1. The topological polar surface area (TPSA) is 175 Å². The fourth-order valence-corrected chi connectivity index (χ4v) is 6.28. The number of hydrogen-bond acceptors (Lipinski definition) is 11. The van der Waals surface area contributed by atoms with Crippen LogP contribution in [0.15, 0.2) is 47.4 Å². The van der Waals surface area contributed by atoms with Gasteiger partial charge in [0.15, 0.2) is 0 Å². The summed E-state index contributed by atoms with van der Waals surface area (Å²) in [7, 11) is -4.16. The van der Waals surface area contributed by atoms with Gasteiger partial charge in [0.1, 0.15) is 29.1 Å². The van der Waals surface area contributed by atoms with E-state index < -0.39 is 48.3 Å². The molecule has 0 amide bonds. The third kappa shape index (κ3) is 7.06. The highest BCUT2D eigenvalue weighted by molar-refractivity contribution is 8.00. The minimum absolute atomic E-state index is 0.0272. The van der Waals surface area contributed by atoms with Crippen LogP contribution < -0.4 is 21.0 Å². The first-order valence-corrected chi connectivity index (χ1v) is 13.3. The molecular formula is C21H29N4O8PS. The number of nitrogens with one attached hydrogen (secondary N) is 1. The fraction of sp³-hybridized carbons (Fsp3) is 0.476. The molecule has 12 nitrogen and oxygen atoms in total. The van der Waals surface area contributed by atoms with Crippen LogP contribution >= 0.6 is 19.5 Å². The summed E-state index contributed by atoms with van der Waals surface area (Å²) in [6.07, 6.45) is -1.66. The lowest BCUT2D eigenvalue weighted by Crippen LogP contribution is -2.38. The monoisotopic (exact) mass is 528 g/mol. The maximum atomic E-state index is 13.6. The molecule has 0 radical (unpaired) electrons. The number of aliphatic hydroxyl groups is 2. The highest BCUT2D eigenvalue weighted by atomic mass is 32.2. The van der Waals surface area contributed by atoms with Gasteiger partial charge in [0, 0.05) is 6.20 Å². The fourth-order valence-electron chi connectivity index (χ4n) is 3.22. The third-order valence-corrected chi connectivity index (χ3v) is 8.09. The summed E-state index contributed by atoms with van der Waals surface area (Å²) < 4.78 is 31.0. The zero-order chi connectivity index (χ0) is 25.8. The van der Waals surface area contributed by atoms with Gasteiger partial charge < -0.3 is 25.2 Å². The van der Waals surface area contributed by atoms with Gasteiger partial charge in [-0.05, 0) is 39.0 Å². The predicted octanol–water partition coefficient (Wildman–Crippen LogP) is 1.29. The summed E-state index contributed by atoms with van der Waals surface area (Å²) in [4.78, 5) is 28.1. The Bertz CT molecular complexity index is 1120. The van der Waals surface area contributed by atoms with E-state index in [1.165, 1.54) is 19.2 Å². The molecule has 0 bridgehead atoms. The molecule has 14 heteroatoms. The second-order valence-corrected chi connectivity index (χ2v) is 11.2. The molecular weight excluding hydrogens is 499 g/mol. The number of aliphatic hydroxyl groups excluding tert-OH is 2. The van der Waals surface area contributed by atoms with Crippen LogP contribution in [0.3, 0.4) is 0 Å². The Balaban J connectivity index is 1.75. The van der Waals surface area contributed by atoms with Gasteiger partial charge in [-0.3, -0.25) is 13.9 Å². The molecule has 0 aliphatic carbocycles. The minimum atomic E-state index is -4.16. The van der Waals surface area contributed by atoms with Gasteiger partial charge in [0.2, 0.25) is 0 Å². The average molecular weight is 529 g/mol. The molecule has 2 aromatic rings. The maximum absolute atomic E-state index is 13.6. The molecule has 1 aromatic carbocycles. The van der Waals surface area contributed by atoms with Crippen LogP contribution in [0.4, 0.5) is 5.82 Å². The summed E-state index contributed by atoms with van der Waals surface area (Å²) in [6.45, 7) is 4.49. The van der Waals surface area contributed by atoms with Crippen LogP contribution in [0.1, 0.15) is 26.1 Å². The lowest BCUT2D eigenvalue weighted by atomic mass is 10.1. The van der Waals surface area contributed by atoms with Crippen LogP contribution in [0.25, 0.3) is 0 Å². The molecule has 0 saturated carbocycles. The van der Waals surface area contributed by atoms with E-state index >= 15 is 0 Å². The first-order valence-electron chi connectivity index (χ1n) is 10.8. The molecule has 0 spiro atoms. The van der Waals surface area contributed by atoms with Crippen molar-refractivity contribution in [3.63, 3.8) is 0 Å². The molecule has 1 saturated heterocycles. The first kappa shape index (κ1) is 27.2. The van der Waals surface area contributed by atoms with E-state index in [1.807, 2.05) is 0 Å². The van der Waals surface area contributed by atoms with Gasteiger partial charge in [-0.2, -0.15) is 10.1 Å². The van der Waals surface area contributed by atoms with Crippen LogP contribution in [-0.4, -0.2) is 61.9 Å². The number of thioether (sulfide) groups is 1. The van der Waals surface area contributed by atoms with E-state index in [-0.39, 0.29) is 24.3 Å². The first-order chi connectivity index (χ1) is 16.5. The van der Waals surface area contributed by atoms with Crippen molar-refractivity contribution in [2.24, 2.45) is 0 Å². The molecule has 1 fully saturated rings. The van der Waals surface area contributed by atoms with Crippen molar-refractivity contribution >= 4 is 31.3 Å². The van der Waals surface area contributed by atoms with Crippen LogP contribution in [0.2, 0.25) is 0 Å². The van der Waals surface area contributed by atoms with E-state index in [0.717, 1.165) is 16.3 Å². The lowest BCUT2D eigenvalue weighted by Gasteiger charge is -2.25. The van der Waals surface area contributed by atoms with Crippen LogP contribution in [0.5, 0.6) is 5.75 Å². The van der Waals surface area contributed by atoms with Crippen molar-refractivity contribution in [3.05, 3.63) is 53.1 Å². The molecule has 35 heavy (non-hydrogen) atoms. The summed E-state index contributed by atoms with van der Waals surface area (Å²) in [6, 6.07) is 8.58. The number of carbonyl (C=O) groups excluding carboxylic acids is 1. The Labute approximate surface area is 206 Å². The van der Waals surface area contributed by atoms with Crippen LogP contribution in [-0.2, 0) is 18.6 Å². The van der Waals surface area contributed by atoms with E-state index in [0.29, 0.717) is 0 Å². The molecule has 192 valence electrons. The van der Waals surface area contributed by atoms with Crippen molar-refractivity contribution in [3.8, 4) is 5.75 Å². The molecule has 5 N–H and O–H groups in total. The zero-order valence-electron chi connectivity index (χ0n) is 19.4. The molecule has 6 unspecified atom stereocenters. The molecule has 6 atom stereocenters. The van der Waals surface area contributed by atoms with E-state index in [9.17, 15) is 24.4 Å². The number of rotatable bonds is 10. The summed E-state index contributed by atoms with van der Waals surface area (Å²) in [5.41, 5.74) is 4.83. The lowest BCUT2D eigenvalue weighted by molar-refractivity contribution is -0.149. The van der Waals surface area contributed by atoms with Gasteiger partial charge in [-0.25, -0.2) is 9.36 Å². The van der Waals surface area contributed by atoms with Crippen molar-refractivity contribution in [2.75, 3.05) is 12.3 Å². The zero-order valence-corrected chi connectivity index (χ0v) is 21.1. The van der Waals surface area contributed by atoms with Gasteiger partial charge in [-0.1, -0.05) is 18.2 Å². The Hall–Kier alpha value is -2.41. The predicted molar refractivity (Wildman–Crippen MR) is 130 cm³/mol. The highest BCUT2D eigenvalue weighted by Crippen LogP contribution is 2.48. The quantitative estimate of drug-likeness (QED) is 0.257. The van der Waals surface area contributed by atoms with Crippen molar-refractivity contribution in [1.29, 1.82) is 0 Å². The summed E-state index contributed by atoms with van der Waals surface area (Å²) in [5, 5.41) is 22.0. The third-order valence-electron chi connectivity index (χ3n) is 4.90. The number of anilines is 1. The van der Waals surface area contributed by atoms with E-state index in [2.05, 4.69) is 10.1 Å². The number of benzene rings is 1. The van der Waals surface area contributed by atoms with Crippen molar-refractivity contribution in [1.82, 2.24) is 14.6 Å². The number of carbonyl (C=O) groups is 1. The number of hydrogen-bond donors (Lipinski definition) is 4. The van der Waals surface area contributed by atoms with Crippen LogP contribution in [0, 0.1) is 0 Å². The summed E-state index contributed by atoms with van der Waals surface area (Å²) >= 11 is 1.04. The smallest absolute Gasteiger partial charge is 0.459 e. The summed E-state index contributed by atoms with van der Waals surface area (Å²) in [5.74, 6) is -0.398. The van der Waals surface area contributed by atoms with Gasteiger partial charge >= 0.3 is 19.4 Å². The van der Waals surface area contributed by atoms with Gasteiger partial charge in [-0.15, -0.1) is 11.8 Å². The largest absolute Gasteiger partial charge is 0.462 e. The molecule has 3 rings (SSSR count). The number of para-hydroxylation sites is 1. The van der Waals surface area contributed by atoms with Crippen molar-refractivity contribution in [2.45, 2.75) is 55.7 Å². The molecule has 1 aliphatic rings. The Morgan fingerprint density at radius 2 is 1.91 bits per heavy atom. The number of nitrogen functional groups attached to an aromatic ring is 1. The molecule has 2 heterocycles. The minimum Gasteiger partial charge on any atom is -0.462 e. The highest BCUT2D eigenvalue weighted by Gasteiger charge is 2.45.